The third-order valence-corrected chi connectivity index (χ3v) is 6.29. The quantitative estimate of drug-likeness (QED) is 0.439. The van der Waals surface area contributed by atoms with Crippen LogP contribution in [0.15, 0.2) is 48.8 Å². The van der Waals surface area contributed by atoms with Gasteiger partial charge in [-0.25, -0.2) is 9.97 Å². The van der Waals surface area contributed by atoms with E-state index in [-0.39, 0.29) is 25.0 Å². The van der Waals surface area contributed by atoms with Crippen LogP contribution in [0.3, 0.4) is 0 Å². The van der Waals surface area contributed by atoms with Gasteiger partial charge in [-0.3, -0.25) is 14.5 Å². The predicted octanol–water partition coefficient (Wildman–Crippen LogP) is 2.41. The van der Waals surface area contributed by atoms with Crippen molar-refractivity contribution in [3.05, 3.63) is 60.0 Å². The Morgan fingerprint density at radius 1 is 1.17 bits per heavy atom. The van der Waals surface area contributed by atoms with E-state index in [4.69, 9.17) is 19.9 Å². The third kappa shape index (κ3) is 3.48. The molecule has 3 N–H and O–H groups in total. The summed E-state index contributed by atoms with van der Waals surface area (Å²) in [6, 6.07) is 12.5. The standard InChI is InChI=1S/C25H22N6O5/c1-34-20-8-14(31-18-11-35-10-15(18)23-24(31)25(26)28-13-27-23)6-7-16(20)29-21(32)9-30-17-4-2-3-5-19(17)36-12-22(30)33/h2-8,13H,9-12H2,1H3,(H,29,32)(H2,26,27,28). The normalized spacial score (nSPS) is 14.4. The molecule has 0 aliphatic carbocycles. The molecule has 36 heavy (non-hydrogen) atoms. The number of amides is 2. The van der Waals surface area contributed by atoms with E-state index in [1.807, 2.05) is 16.7 Å². The first kappa shape index (κ1) is 21.9. The maximum absolute atomic E-state index is 12.9. The van der Waals surface area contributed by atoms with Crippen molar-refractivity contribution in [3.63, 3.8) is 0 Å². The summed E-state index contributed by atoms with van der Waals surface area (Å²) in [5.74, 6) is 0.706. The highest BCUT2D eigenvalue weighted by molar-refractivity contribution is 6.05. The van der Waals surface area contributed by atoms with Gasteiger partial charge in [-0.15, -0.1) is 0 Å². The van der Waals surface area contributed by atoms with Crippen LogP contribution in [0.25, 0.3) is 16.7 Å². The van der Waals surface area contributed by atoms with Crippen LogP contribution in [0.4, 0.5) is 17.2 Å². The molecule has 182 valence electrons. The summed E-state index contributed by atoms with van der Waals surface area (Å²) in [5, 5.41) is 2.85. The molecule has 0 unspecified atom stereocenters. The lowest BCUT2D eigenvalue weighted by molar-refractivity contribution is -0.123. The summed E-state index contributed by atoms with van der Waals surface area (Å²) in [6.07, 6.45) is 1.44. The SMILES string of the molecule is COc1cc(-n2c3c(c4ncnc(N)c42)COC3)ccc1NC(=O)CN1C(=O)COc2ccccc21. The van der Waals surface area contributed by atoms with Crippen molar-refractivity contribution < 1.29 is 23.8 Å². The van der Waals surface area contributed by atoms with Gasteiger partial charge in [-0.1, -0.05) is 12.1 Å². The molecule has 6 rings (SSSR count). The Morgan fingerprint density at radius 3 is 2.89 bits per heavy atom. The second-order valence-electron chi connectivity index (χ2n) is 8.38. The van der Waals surface area contributed by atoms with E-state index in [2.05, 4.69) is 15.3 Å². The van der Waals surface area contributed by atoms with Gasteiger partial charge in [-0.2, -0.15) is 0 Å². The number of aromatic nitrogens is 3. The fraction of sp³-hybridized carbons (Fsp3) is 0.200. The molecule has 4 heterocycles. The number of para-hydroxylation sites is 2. The fourth-order valence-electron chi connectivity index (χ4n) is 4.66. The number of ether oxygens (including phenoxy) is 3. The lowest BCUT2D eigenvalue weighted by Crippen LogP contribution is -2.43. The van der Waals surface area contributed by atoms with Crippen LogP contribution in [-0.2, 0) is 27.5 Å². The van der Waals surface area contributed by atoms with E-state index in [0.717, 1.165) is 22.5 Å². The highest BCUT2D eigenvalue weighted by Gasteiger charge is 2.28. The number of nitrogens with one attached hydrogen (secondary N) is 1. The molecule has 0 radical (unpaired) electrons. The van der Waals surface area contributed by atoms with Gasteiger partial charge in [0, 0.05) is 17.3 Å². The number of nitrogens with two attached hydrogens (primary N) is 1. The summed E-state index contributed by atoms with van der Waals surface area (Å²) >= 11 is 0. The van der Waals surface area contributed by atoms with Gasteiger partial charge in [0.2, 0.25) is 5.91 Å². The van der Waals surface area contributed by atoms with E-state index in [9.17, 15) is 9.59 Å². The summed E-state index contributed by atoms with van der Waals surface area (Å²) < 4.78 is 18.7. The van der Waals surface area contributed by atoms with Crippen molar-refractivity contribution >= 4 is 40.0 Å². The second kappa shape index (κ2) is 8.54. The van der Waals surface area contributed by atoms with Gasteiger partial charge in [-0.05, 0) is 24.3 Å². The molecule has 2 aromatic carbocycles. The minimum absolute atomic E-state index is 0.117. The lowest BCUT2D eigenvalue weighted by atomic mass is 10.2. The van der Waals surface area contributed by atoms with Crippen molar-refractivity contribution in [1.29, 1.82) is 0 Å². The molecule has 11 heteroatoms. The van der Waals surface area contributed by atoms with Crippen LogP contribution in [0.5, 0.6) is 11.5 Å². The molecular formula is C25H22N6O5. The zero-order valence-electron chi connectivity index (χ0n) is 19.4. The number of carbonyl (C=O) groups excluding carboxylic acids is 2. The summed E-state index contributed by atoms with van der Waals surface area (Å²) in [6.45, 7) is 0.587. The Bertz CT molecular complexity index is 1530. The van der Waals surface area contributed by atoms with Gasteiger partial charge >= 0.3 is 0 Å². The number of nitrogens with zero attached hydrogens (tertiary/aromatic N) is 4. The van der Waals surface area contributed by atoms with Crippen molar-refractivity contribution in [1.82, 2.24) is 14.5 Å². The first-order valence-electron chi connectivity index (χ1n) is 11.3. The number of nitrogen functional groups attached to an aromatic ring is 1. The Labute approximate surface area is 205 Å². The summed E-state index contributed by atoms with van der Waals surface area (Å²) in [4.78, 5) is 35.4. The second-order valence-corrected chi connectivity index (χ2v) is 8.38. The molecule has 2 aliphatic rings. The number of fused-ring (bicyclic) bond motifs is 4. The molecule has 2 aromatic heterocycles. The van der Waals surface area contributed by atoms with Crippen LogP contribution >= 0.6 is 0 Å². The predicted molar refractivity (Wildman–Crippen MR) is 131 cm³/mol. The average Bonchev–Trinajstić information content (AvgIpc) is 3.48. The molecular weight excluding hydrogens is 464 g/mol. The number of anilines is 3. The van der Waals surface area contributed by atoms with Gasteiger partial charge < -0.3 is 29.8 Å². The first-order valence-corrected chi connectivity index (χ1v) is 11.3. The van der Waals surface area contributed by atoms with Gasteiger partial charge in [0.25, 0.3) is 5.91 Å². The van der Waals surface area contributed by atoms with Crippen LogP contribution in [0, 0.1) is 0 Å². The van der Waals surface area contributed by atoms with E-state index in [1.165, 1.54) is 18.3 Å². The molecule has 2 aliphatic heterocycles. The molecule has 4 aromatic rings. The minimum atomic E-state index is -0.371. The molecule has 0 saturated carbocycles. The summed E-state index contributed by atoms with van der Waals surface area (Å²) in [7, 11) is 1.52. The van der Waals surface area contributed by atoms with Crippen molar-refractivity contribution in [2.45, 2.75) is 13.2 Å². The molecule has 0 atom stereocenters. The number of methoxy groups -OCH3 is 1. The van der Waals surface area contributed by atoms with E-state index in [0.29, 0.717) is 47.4 Å². The van der Waals surface area contributed by atoms with Crippen molar-refractivity contribution in [2.24, 2.45) is 0 Å². The Morgan fingerprint density at radius 2 is 2.03 bits per heavy atom. The molecule has 0 bridgehead atoms. The maximum Gasteiger partial charge on any atom is 0.265 e. The third-order valence-electron chi connectivity index (χ3n) is 6.29. The molecule has 0 spiro atoms. The smallest absolute Gasteiger partial charge is 0.265 e. The van der Waals surface area contributed by atoms with Crippen LogP contribution in [-0.4, -0.2) is 46.6 Å². The van der Waals surface area contributed by atoms with E-state index >= 15 is 0 Å². The molecule has 0 fully saturated rings. The maximum atomic E-state index is 12.9. The van der Waals surface area contributed by atoms with Crippen molar-refractivity contribution in [3.8, 4) is 17.2 Å². The molecule has 0 saturated heterocycles. The Hall–Kier alpha value is -4.64. The first-order chi connectivity index (χ1) is 17.5. The van der Waals surface area contributed by atoms with Gasteiger partial charge in [0.15, 0.2) is 12.4 Å². The lowest BCUT2D eigenvalue weighted by Gasteiger charge is -2.28. The number of benzene rings is 2. The number of hydrogen-bond donors (Lipinski definition) is 2. The largest absolute Gasteiger partial charge is 0.494 e. The number of hydrogen-bond acceptors (Lipinski definition) is 8. The van der Waals surface area contributed by atoms with Crippen LogP contribution in [0.2, 0.25) is 0 Å². The zero-order chi connectivity index (χ0) is 24.8. The highest BCUT2D eigenvalue weighted by atomic mass is 16.5. The van der Waals surface area contributed by atoms with Crippen LogP contribution < -0.4 is 25.4 Å². The van der Waals surface area contributed by atoms with E-state index in [1.54, 1.807) is 30.3 Å². The minimum Gasteiger partial charge on any atom is -0.494 e. The number of rotatable bonds is 5. The molecule has 2 amide bonds. The Kier molecular flexibility index (Phi) is 5.19. The zero-order valence-corrected chi connectivity index (χ0v) is 19.4. The topological polar surface area (TPSA) is 134 Å². The molecule has 11 nitrogen and oxygen atoms in total. The summed E-state index contributed by atoms with van der Waals surface area (Å²) in [5.41, 5.74) is 11.4. The van der Waals surface area contributed by atoms with Gasteiger partial charge in [0.05, 0.1) is 37.4 Å². The average molecular weight is 486 g/mol. The number of carbonyl (C=O) groups is 2. The van der Waals surface area contributed by atoms with Gasteiger partial charge in [0.1, 0.15) is 35.4 Å². The highest BCUT2D eigenvalue weighted by Crippen LogP contribution is 2.37. The van der Waals surface area contributed by atoms with E-state index < -0.39 is 0 Å². The monoisotopic (exact) mass is 486 g/mol. The van der Waals surface area contributed by atoms with Crippen LogP contribution in [0.1, 0.15) is 11.3 Å². The fourth-order valence-corrected chi connectivity index (χ4v) is 4.66. The van der Waals surface area contributed by atoms with Crippen molar-refractivity contribution in [2.75, 3.05) is 36.2 Å². The Balaban J connectivity index is 1.30.